The number of rotatable bonds is 3. The van der Waals surface area contributed by atoms with Crippen LogP contribution in [0.5, 0.6) is 0 Å². The highest BCUT2D eigenvalue weighted by atomic mass is 16.2. The van der Waals surface area contributed by atoms with E-state index in [1.54, 1.807) is 23.6 Å². The Labute approximate surface area is 118 Å². The Balaban J connectivity index is 2.15. The third-order valence-corrected chi connectivity index (χ3v) is 3.80. The van der Waals surface area contributed by atoms with Crippen LogP contribution in [-0.4, -0.2) is 52.2 Å². The molecule has 2 heterocycles. The second-order valence-electron chi connectivity index (χ2n) is 5.17. The summed E-state index contributed by atoms with van der Waals surface area (Å²) in [6, 6.07) is 1.84. The molecule has 0 radical (unpaired) electrons. The van der Waals surface area contributed by atoms with Gasteiger partial charge in [0, 0.05) is 46.4 Å². The average Bonchev–Trinajstić information content (AvgIpc) is 2.83. The largest absolute Gasteiger partial charge is 0.357 e. The molecule has 0 aliphatic carbocycles. The molecule has 0 aromatic carbocycles. The number of aryl methyl sites for hydroxylation is 1. The molecule has 2 rings (SSSR count). The highest BCUT2D eigenvalue weighted by Gasteiger charge is 2.41. The lowest BCUT2D eigenvalue weighted by Crippen LogP contribution is -2.58. The molecule has 110 valence electrons. The van der Waals surface area contributed by atoms with E-state index < -0.39 is 5.54 Å². The molecule has 1 aromatic heterocycles. The monoisotopic (exact) mass is 279 g/mol. The first-order chi connectivity index (χ1) is 9.47. The highest BCUT2D eigenvalue weighted by Crippen LogP contribution is 2.27. The summed E-state index contributed by atoms with van der Waals surface area (Å²) in [7, 11) is 3.46. The topological polar surface area (TPSA) is 79.3 Å². The van der Waals surface area contributed by atoms with Crippen molar-refractivity contribution >= 4 is 17.6 Å². The van der Waals surface area contributed by atoms with Crippen LogP contribution in [0.15, 0.2) is 12.3 Å². The van der Waals surface area contributed by atoms with Gasteiger partial charge in [0.2, 0.25) is 11.8 Å². The maximum absolute atomic E-state index is 12.3. The van der Waals surface area contributed by atoms with Crippen molar-refractivity contribution in [2.45, 2.75) is 25.3 Å². The summed E-state index contributed by atoms with van der Waals surface area (Å²) in [4.78, 5) is 25.4. The fourth-order valence-electron chi connectivity index (χ4n) is 2.58. The Hall–Kier alpha value is -2.05. The molecule has 1 fully saturated rings. The van der Waals surface area contributed by atoms with Gasteiger partial charge in [-0.2, -0.15) is 5.10 Å². The number of nitrogens with zero attached hydrogens (tertiary/aromatic N) is 3. The Bertz CT molecular complexity index is 503. The Morgan fingerprint density at radius 3 is 2.45 bits per heavy atom. The molecular weight excluding hydrogens is 258 g/mol. The van der Waals surface area contributed by atoms with Gasteiger partial charge in [-0.3, -0.25) is 14.3 Å². The van der Waals surface area contributed by atoms with Crippen molar-refractivity contribution in [2.75, 3.05) is 25.5 Å². The lowest BCUT2D eigenvalue weighted by Gasteiger charge is -2.40. The minimum Gasteiger partial charge on any atom is -0.357 e. The second-order valence-corrected chi connectivity index (χ2v) is 5.17. The molecular formula is C13H21N5O2. The van der Waals surface area contributed by atoms with Crippen molar-refractivity contribution in [2.24, 2.45) is 7.05 Å². The number of amides is 2. The van der Waals surface area contributed by atoms with Crippen LogP contribution in [0.3, 0.4) is 0 Å². The first-order valence-electron chi connectivity index (χ1n) is 6.72. The number of aromatic nitrogens is 2. The summed E-state index contributed by atoms with van der Waals surface area (Å²) in [6.07, 6.45) is 2.97. The van der Waals surface area contributed by atoms with Gasteiger partial charge in [0.15, 0.2) is 0 Å². The van der Waals surface area contributed by atoms with Crippen LogP contribution in [0.2, 0.25) is 0 Å². The molecule has 1 saturated heterocycles. The quantitative estimate of drug-likeness (QED) is 0.813. The zero-order valence-electron chi connectivity index (χ0n) is 12.1. The van der Waals surface area contributed by atoms with Crippen LogP contribution >= 0.6 is 0 Å². The minimum atomic E-state index is -0.699. The Morgan fingerprint density at radius 1 is 1.35 bits per heavy atom. The van der Waals surface area contributed by atoms with E-state index in [0.29, 0.717) is 31.7 Å². The van der Waals surface area contributed by atoms with Crippen molar-refractivity contribution in [1.82, 2.24) is 20.0 Å². The number of anilines is 1. The Morgan fingerprint density at radius 2 is 2.00 bits per heavy atom. The fourth-order valence-corrected chi connectivity index (χ4v) is 2.58. The van der Waals surface area contributed by atoms with E-state index in [2.05, 4.69) is 15.7 Å². The van der Waals surface area contributed by atoms with Gasteiger partial charge in [-0.1, -0.05) is 0 Å². The van der Waals surface area contributed by atoms with Gasteiger partial charge < -0.3 is 15.5 Å². The van der Waals surface area contributed by atoms with Crippen LogP contribution < -0.4 is 10.6 Å². The van der Waals surface area contributed by atoms with Crippen molar-refractivity contribution in [3.63, 3.8) is 0 Å². The highest BCUT2D eigenvalue weighted by molar-refractivity contribution is 5.89. The molecule has 20 heavy (non-hydrogen) atoms. The van der Waals surface area contributed by atoms with E-state index in [0.717, 1.165) is 0 Å². The normalized spacial score (nSPS) is 17.6. The van der Waals surface area contributed by atoms with Crippen LogP contribution in [0.1, 0.15) is 19.8 Å². The van der Waals surface area contributed by atoms with Gasteiger partial charge in [-0.05, 0) is 12.8 Å². The van der Waals surface area contributed by atoms with E-state index >= 15 is 0 Å². The third kappa shape index (κ3) is 2.76. The average molecular weight is 279 g/mol. The number of piperidine rings is 1. The van der Waals surface area contributed by atoms with Gasteiger partial charge in [0.05, 0.1) is 0 Å². The van der Waals surface area contributed by atoms with Gasteiger partial charge >= 0.3 is 0 Å². The summed E-state index contributed by atoms with van der Waals surface area (Å²) in [5.74, 6) is 0.659. The number of nitrogens with one attached hydrogen (secondary N) is 2. The van der Waals surface area contributed by atoms with Crippen molar-refractivity contribution < 1.29 is 9.59 Å². The molecule has 1 aromatic rings. The predicted octanol–water partition coefficient (Wildman–Crippen LogP) is -0.0409. The van der Waals surface area contributed by atoms with Gasteiger partial charge in [-0.25, -0.2) is 0 Å². The standard InChI is InChI=1S/C13H21N5O2/c1-10(19)18-8-5-13(6-9-18,12(20)14-2)15-11-4-7-17(3)16-11/h4,7H,5-6,8-9H2,1-3H3,(H,14,20)(H,15,16). The summed E-state index contributed by atoms with van der Waals surface area (Å²) >= 11 is 0. The van der Waals surface area contributed by atoms with E-state index in [4.69, 9.17) is 0 Å². The second kappa shape index (κ2) is 5.52. The van der Waals surface area contributed by atoms with E-state index in [-0.39, 0.29) is 11.8 Å². The predicted molar refractivity (Wildman–Crippen MR) is 75.1 cm³/mol. The molecule has 2 amide bonds. The molecule has 0 bridgehead atoms. The number of carbonyl (C=O) groups excluding carboxylic acids is 2. The van der Waals surface area contributed by atoms with Crippen LogP contribution in [0.25, 0.3) is 0 Å². The molecule has 0 atom stereocenters. The number of hydrogen-bond donors (Lipinski definition) is 2. The molecule has 7 nitrogen and oxygen atoms in total. The SMILES string of the molecule is CNC(=O)C1(Nc2ccn(C)n2)CCN(C(C)=O)CC1. The molecule has 0 spiro atoms. The number of likely N-dealkylation sites (N-methyl/N-ethyl adjacent to an activating group) is 1. The zero-order valence-corrected chi connectivity index (χ0v) is 12.1. The van der Waals surface area contributed by atoms with Crippen molar-refractivity contribution in [1.29, 1.82) is 0 Å². The minimum absolute atomic E-state index is 0.0494. The lowest BCUT2D eigenvalue weighted by atomic mass is 9.86. The maximum atomic E-state index is 12.3. The van der Waals surface area contributed by atoms with Gasteiger partial charge in [0.1, 0.15) is 11.4 Å². The molecule has 0 saturated carbocycles. The molecule has 0 unspecified atom stereocenters. The first kappa shape index (κ1) is 14.4. The van der Waals surface area contributed by atoms with Crippen LogP contribution in [-0.2, 0) is 16.6 Å². The number of likely N-dealkylation sites (tertiary alicyclic amines) is 1. The Kier molecular flexibility index (Phi) is 3.96. The molecule has 1 aliphatic rings. The van der Waals surface area contributed by atoms with Gasteiger partial charge in [0.25, 0.3) is 0 Å². The summed E-state index contributed by atoms with van der Waals surface area (Å²) < 4.78 is 1.69. The van der Waals surface area contributed by atoms with E-state index in [1.165, 1.54) is 0 Å². The van der Waals surface area contributed by atoms with E-state index in [1.807, 2.05) is 19.3 Å². The lowest BCUT2D eigenvalue weighted by molar-refractivity contribution is -0.134. The molecule has 7 heteroatoms. The van der Waals surface area contributed by atoms with Gasteiger partial charge in [-0.15, -0.1) is 0 Å². The van der Waals surface area contributed by atoms with Crippen LogP contribution in [0, 0.1) is 0 Å². The third-order valence-electron chi connectivity index (χ3n) is 3.80. The van der Waals surface area contributed by atoms with E-state index in [9.17, 15) is 9.59 Å². The van der Waals surface area contributed by atoms with Crippen molar-refractivity contribution in [3.05, 3.63) is 12.3 Å². The zero-order chi connectivity index (χ0) is 14.8. The summed E-state index contributed by atoms with van der Waals surface area (Å²) in [6.45, 7) is 2.70. The fraction of sp³-hybridized carbons (Fsp3) is 0.615. The molecule has 1 aliphatic heterocycles. The van der Waals surface area contributed by atoms with Crippen LogP contribution in [0.4, 0.5) is 5.82 Å². The summed E-state index contributed by atoms with van der Waals surface area (Å²) in [5, 5.41) is 10.2. The summed E-state index contributed by atoms with van der Waals surface area (Å²) in [5.41, 5.74) is -0.699. The first-order valence-corrected chi connectivity index (χ1v) is 6.72. The number of hydrogen-bond acceptors (Lipinski definition) is 4. The van der Waals surface area contributed by atoms with Crippen molar-refractivity contribution in [3.8, 4) is 0 Å². The molecule has 2 N–H and O–H groups in total. The maximum Gasteiger partial charge on any atom is 0.245 e. The smallest absolute Gasteiger partial charge is 0.245 e. The number of carbonyl (C=O) groups is 2.